The summed E-state index contributed by atoms with van der Waals surface area (Å²) in [4.78, 5) is 20.5. The molecule has 0 N–H and O–H groups in total. The van der Waals surface area contributed by atoms with Crippen molar-refractivity contribution < 1.29 is 9.63 Å². The molecule has 4 nitrogen and oxygen atoms in total. The lowest BCUT2D eigenvalue weighted by atomic mass is 10.3. The van der Waals surface area contributed by atoms with Gasteiger partial charge in [0.1, 0.15) is 4.88 Å². The van der Waals surface area contributed by atoms with Crippen molar-refractivity contribution in [3.63, 3.8) is 0 Å². The van der Waals surface area contributed by atoms with E-state index in [-0.39, 0.29) is 0 Å². The first kappa shape index (κ1) is 10.5. The fourth-order valence-corrected chi connectivity index (χ4v) is 1.62. The van der Waals surface area contributed by atoms with Crippen molar-refractivity contribution in [1.29, 1.82) is 0 Å². The third-order valence-corrected chi connectivity index (χ3v) is 2.62. The first-order chi connectivity index (χ1) is 7.86. The van der Waals surface area contributed by atoms with Crippen LogP contribution in [0.3, 0.4) is 0 Å². The second-order valence-electron chi connectivity index (χ2n) is 2.87. The Bertz CT molecular complexity index is 480. The van der Waals surface area contributed by atoms with Crippen LogP contribution < -0.4 is 0 Å². The molecule has 2 aromatic heterocycles. The molecular formula is C11H8N2O2S. The SMILES string of the molecule is O=C(O/N=C\c1ccncc1)c1cccs1. The van der Waals surface area contributed by atoms with Crippen LogP contribution in [0.4, 0.5) is 0 Å². The number of rotatable bonds is 3. The number of carbonyl (C=O) groups excluding carboxylic acids is 1. The number of hydrogen-bond donors (Lipinski definition) is 0. The molecule has 2 heterocycles. The summed E-state index contributed by atoms with van der Waals surface area (Å²) < 4.78 is 0. The van der Waals surface area contributed by atoms with Gasteiger partial charge in [0.25, 0.3) is 0 Å². The molecule has 0 unspecified atom stereocenters. The fourth-order valence-electron chi connectivity index (χ4n) is 1.02. The summed E-state index contributed by atoms with van der Waals surface area (Å²) in [6.07, 6.45) is 4.75. The van der Waals surface area contributed by atoms with Crippen molar-refractivity contribution in [3.05, 3.63) is 52.5 Å². The van der Waals surface area contributed by atoms with Crippen molar-refractivity contribution in [2.75, 3.05) is 0 Å². The second kappa shape index (κ2) is 5.18. The maximum atomic E-state index is 11.4. The molecule has 0 fully saturated rings. The van der Waals surface area contributed by atoms with Crippen molar-refractivity contribution in [3.8, 4) is 0 Å². The molecule has 0 saturated carbocycles. The van der Waals surface area contributed by atoms with Gasteiger partial charge in [-0.05, 0) is 29.1 Å². The zero-order chi connectivity index (χ0) is 11.2. The van der Waals surface area contributed by atoms with Gasteiger partial charge in [-0.1, -0.05) is 11.2 Å². The number of aromatic nitrogens is 1. The predicted octanol–water partition coefficient (Wildman–Crippen LogP) is 2.33. The highest BCUT2D eigenvalue weighted by molar-refractivity contribution is 7.11. The average Bonchev–Trinajstić information content (AvgIpc) is 2.84. The molecule has 5 heteroatoms. The zero-order valence-corrected chi connectivity index (χ0v) is 9.05. The number of carbonyl (C=O) groups is 1. The predicted molar refractivity (Wildman–Crippen MR) is 61.6 cm³/mol. The van der Waals surface area contributed by atoms with E-state index in [2.05, 4.69) is 10.1 Å². The van der Waals surface area contributed by atoms with Gasteiger partial charge in [-0.15, -0.1) is 11.3 Å². The summed E-state index contributed by atoms with van der Waals surface area (Å²) in [5.74, 6) is -0.444. The summed E-state index contributed by atoms with van der Waals surface area (Å²) in [6, 6.07) is 7.01. The van der Waals surface area contributed by atoms with Gasteiger partial charge >= 0.3 is 5.97 Å². The molecule has 80 valence electrons. The topological polar surface area (TPSA) is 51.5 Å². The maximum Gasteiger partial charge on any atom is 0.375 e. The number of thiophene rings is 1. The van der Waals surface area contributed by atoms with E-state index in [0.717, 1.165) is 5.56 Å². The van der Waals surface area contributed by atoms with E-state index in [0.29, 0.717) is 4.88 Å². The van der Waals surface area contributed by atoms with Crippen molar-refractivity contribution in [2.45, 2.75) is 0 Å². The highest BCUT2D eigenvalue weighted by Crippen LogP contribution is 2.09. The Morgan fingerprint density at radius 1 is 1.38 bits per heavy atom. The van der Waals surface area contributed by atoms with Crippen LogP contribution in [0, 0.1) is 0 Å². The minimum atomic E-state index is -0.444. The van der Waals surface area contributed by atoms with Crippen molar-refractivity contribution in [2.24, 2.45) is 5.16 Å². The van der Waals surface area contributed by atoms with E-state index in [1.54, 1.807) is 36.7 Å². The van der Waals surface area contributed by atoms with Gasteiger partial charge in [-0.3, -0.25) is 4.98 Å². The lowest BCUT2D eigenvalue weighted by Crippen LogP contribution is -1.97. The van der Waals surface area contributed by atoms with E-state index in [1.165, 1.54) is 17.6 Å². The number of oxime groups is 1. The van der Waals surface area contributed by atoms with Crippen LogP contribution in [-0.4, -0.2) is 17.2 Å². The molecule has 2 aromatic rings. The molecule has 0 bridgehead atoms. The largest absolute Gasteiger partial charge is 0.375 e. The Balaban J connectivity index is 1.93. The monoisotopic (exact) mass is 232 g/mol. The Hall–Kier alpha value is -2.01. The van der Waals surface area contributed by atoms with Crippen molar-refractivity contribution >= 4 is 23.5 Å². The lowest BCUT2D eigenvalue weighted by molar-refractivity contribution is 0.0525. The summed E-state index contributed by atoms with van der Waals surface area (Å²) in [5.41, 5.74) is 0.828. The van der Waals surface area contributed by atoms with E-state index < -0.39 is 5.97 Å². The summed E-state index contributed by atoms with van der Waals surface area (Å²) >= 11 is 1.32. The van der Waals surface area contributed by atoms with Crippen LogP contribution >= 0.6 is 11.3 Å². The van der Waals surface area contributed by atoms with Crippen molar-refractivity contribution in [1.82, 2.24) is 4.98 Å². The van der Waals surface area contributed by atoms with Crippen LogP contribution in [0.2, 0.25) is 0 Å². The summed E-state index contributed by atoms with van der Waals surface area (Å²) in [7, 11) is 0. The highest BCUT2D eigenvalue weighted by atomic mass is 32.1. The van der Waals surface area contributed by atoms with E-state index >= 15 is 0 Å². The van der Waals surface area contributed by atoms with Crippen LogP contribution in [0.15, 0.2) is 47.2 Å². The first-order valence-electron chi connectivity index (χ1n) is 4.54. The Kier molecular flexibility index (Phi) is 3.40. The molecule has 0 amide bonds. The maximum absolute atomic E-state index is 11.4. The molecule has 0 spiro atoms. The number of nitrogens with zero attached hydrogens (tertiary/aromatic N) is 2. The van der Waals surface area contributed by atoms with Crippen LogP contribution in [-0.2, 0) is 4.84 Å². The van der Waals surface area contributed by atoms with Crippen LogP contribution in [0.1, 0.15) is 15.2 Å². The molecule has 0 aliphatic rings. The Labute approximate surface area is 96.2 Å². The van der Waals surface area contributed by atoms with Gasteiger partial charge in [0.15, 0.2) is 0 Å². The minimum absolute atomic E-state index is 0.444. The molecular weight excluding hydrogens is 224 g/mol. The molecule has 2 rings (SSSR count). The second-order valence-corrected chi connectivity index (χ2v) is 3.82. The van der Waals surface area contributed by atoms with Gasteiger partial charge in [0.2, 0.25) is 0 Å². The van der Waals surface area contributed by atoms with E-state index in [1.807, 2.05) is 5.38 Å². The Morgan fingerprint density at radius 3 is 2.88 bits per heavy atom. The first-order valence-corrected chi connectivity index (χ1v) is 5.42. The standard InChI is InChI=1S/C11H8N2O2S/c14-11(10-2-1-7-16-10)15-13-8-9-3-5-12-6-4-9/h1-8H/b13-8-. The average molecular weight is 232 g/mol. The van der Waals surface area contributed by atoms with Gasteiger partial charge in [-0.25, -0.2) is 4.79 Å². The molecule has 0 aliphatic heterocycles. The molecule has 0 saturated heterocycles. The van der Waals surface area contributed by atoms with Gasteiger partial charge < -0.3 is 4.84 Å². The minimum Gasteiger partial charge on any atom is -0.312 e. The lowest BCUT2D eigenvalue weighted by Gasteiger charge is -1.93. The van der Waals surface area contributed by atoms with Gasteiger partial charge in [-0.2, -0.15) is 0 Å². The van der Waals surface area contributed by atoms with Gasteiger partial charge in [0.05, 0.1) is 6.21 Å². The summed E-state index contributed by atoms with van der Waals surface area (Å²) in [5, 5.41) is 5.41. The van der Waals surface area contributed by atoms with E-state index in [9.17, 15) is 4.79 Å². The molecule has 0 aliphatic carbocycles. The van der Waals surface area contributed by atoms with E-state index in [4.69, 9.17) is 4.84 Å². The molecule has 0 atom stereocenters. The highest BCUT2D eigenvalue weighted by Gasteiger charge is 2.06. The number of pyridine rings is 1. The van der Waals surface area contributed by atoms with Crippen LogP contribution in [0.5, 0.6) is 0 Å². The molecule has 0 aromatic carbocycles. The fraction of sp³-hybridized carbons (Fsp3) is 0. The van der Waals surface area contributed by atoms with Crippen LogP contribution in [0.25, 0.3) is 0 Å². The van der Waals surface area contributed by atoms with Gasteiger partial charge in [0, 0.05) is 12.4 Å². The normalized spacial score (nSPS) is 10.5. The third kappa shape index (κ3) is 2.74. The quantitative estimate of drug-likeness (QED) is 0.463. The Morgan fingerprint density at radius 2 is 2.19 bits per heavy atom. The summed E-state index contributed by atoms with van der Waals surface area (Å²) in [6.45, 7) is 0. The molecule has 0 radical (unpaired) electrons. The molecule has 16 heavy (non-hydrogen) atoms. The zero-order valence-electron chi connectivity index (χ0n) is 8.24. The smallest absolute Gasteiger partial charge is 0.312 e. The third-order valence-electron chi connectivity index (χ3n) is 1.77. The number of hydrogen-bond acceptors (Lipinski definition) is 5.